The van der Waals surface area contributed by atoms with Crippen molar-refractivity contribution in [3.63, 3.8) is 0 Å². The fourth-order valence-electron chi connectivity index (χ4n) is 1.19. The fourth-order valence-corrected chi connectivity index (χ4v) is 2.88. The monoisotopic (exact) mass is 224 g/mol. The molecular formula is C12H17O2P. The minimum Gasteiger partial charge on any atom is -0.319 e. The summed E-state index contributed by atoms with van der Waals surface area (Å²) >= 11 is 0. The Morgan fingerprint density at radius 1 is 1.47 bits per heavy atom. The molecule has 0 bridgehead atoms. The predicted molar refractivity (Wildman–Crippen MR) is 64.7 cm³/mol. The molecule has 0 aliphatic heterocycles. The van der Waals surface area contributed by atoms with Gasteiger partial charge < -0.3 is 4.52 Å². The lowest BCUT2D eigenvalue weighted by molar-refractivity contribution is 0.228. The molecule has 0 radical (unpaired) electrons. The first-order valence-corrected chi connectivity index (χ1v) is 6.79. The molecule has 15 heavy (non-hydrogen) atoms. The van der Waals surface area contributed by atoms with Crippen LogP contribution >= 0.6 is 7.37 Å². The number of hydrogen-bond acceptors (Lipinski definition) is 2. The molecular weight excluding hydrogens is 207 g/mol. The third kappa shape index (κ3) is 3.05. The van der Waals surface area contributed by atoms with Crippen LogP contribution in [-0.2, 0) is 9.09 Å². The molecule has 0 fully saturated rings. The molecule has 0 spiro atoms. The van der Waals surface area contributed by atoms with Gasteiger partial charge in [-0.15, -0.1) is 0 Å². The van der Waals surface area contributed by atoms with Gasteiger partial charge in [0.2, 0.25) is 0 Å². The van der Waals surface area contributed by atoms with Crippen LogP contribution in [0.25, 0.3) is 0 Å². The van der Waals surface area contributed by atoms with Gasteiger partial charge in [0.1, 0.15) is 0 Å². The summed E-state index contributed by atoms with van der Waals surface area (Å²) < 4.78 is 18.0. The van der Waals surface area contributed by atoms with Crippen molar-refractivity contribution in [2.75, 3.05) is 0 Å². The molecule has 1 rings (SSSR count). The predicted octanol–water partition coefficient (Wildman–Crippen LogP) is 3.55. The van der Waals surface area contributed by atoms with Crippen molar-refractivity contribution >= 4 is 12.7 Å². The van der Waals surface area contributed by atoms with Crippen LogP contribution in [0.15, 0.2) is 42.7 Å². The zero-order chi connectivity index (χ0) is 11.3. The summed E-state index contributed by atoms with van der Waals surface area (Å²) in [5, 5.41) is 0.709. The first kappa shape index (κ1) is 12.2. The molecule has 1 aromatic rings. The van der Waals surface area contributed by atoms with Gasteiger partial charge in [0.05, 0.1) is 6.10 Å². The molecule has 0 amide bonds. The van der Waals surface area contributed by atoms with Gasteiger partial charge in [-0.3, -0.25) is 4.57 Å². The molecule has 2 nitrogen and oxygen atoms in total. The second-order valence-electron chi connectivity index (χ2n) is 3.44. The van der Waals surface area contributed by atoms with E-state index in [0.29, 0.717) is 5.30 Å². The van der Waals surface area contributed by atoms with Gasteiger partial charge in [0.25, 0.3) is 7.37 Å². The van der Waals surface area contributed by atoms with E-state index in [0.717, 1.165) is 6.42 Å². The highest BCUT2D eigenvalue weighted by atomic mass is 31.2. The summed E-state index contributed by atoms with van der Waals surface area (Å²) in [5.41, 5.74) is 0. The van der Waals surface area contributed by atoms with Crippen molar-refractivity contribution in [3.8, 4) is 0 Å². The van der Waals surface area contributed by atoms with Crippen molar-refractivity contribution < 1.29 is 9.09 Å². The summed E-state index contributed by atoms with van der Waals surface area (Å²) in [4.78, 5) is 0. The topological polar surface area (TPSA) is 26.3 Å². The van der Waals surface area contributed by atoms with E-state index < -0.39 is 7.37 Å². The molecule has 0 aromatic heterocycles. The van der Waals surface area contributed by atoms with Gasteiger partial charge >= 0.3 is 0 Å². The minimum absolute atomic E-state index is 0.0194. The second kappa shape index (κ2) is 5.29. The van der Waals surface area contributed by atoms with Crippen LogP contribution in [0.3, 0.4) is 0 Å². The quantitative estimate of drug-likeness (QED) is 0.715. The van der Waals surface area contributed by atoms with Crippen molar-refractivity contribution in [2.24, 2.45) is 0 Å². The highest BCUT2D eigenvalue weighted by molar-refractivity contribution is 7.70. The zero-order valence-electron chi connectivity index (χ0n) is 9.22. The molecule has 1 aromatic carbocycles. The van der Waals surface area contributed by atoms with Crippen LogP contribution in [0.2, 0.25) is 0 Å². The highest BCUT2D eigenvalue weighted by Crippen LogP contribution is 2.48. The Labute approximate surface area is 91.4 Å². The summed E-state index contributed by atoms with van der Waals surface area (Å²) in [6.45, 7) is 7.53. The van der Waals surface area contributed by atoms with Crippen molar-refractivity contribution in [1.29, 1.82) is 0 Å². The van der Waals surface area contributed by atoms with E-state index >= 15 is 0 Å². The van der Waals surface area contributed by atoms with E-state index in [2.05, 4.69) is 6.58 Å². The standard InChI is InChI=1S/C12H17O2P/c1-4-11(3)14-15(13,5-2)12-9-7-6-8-10-12/h5-11H,2,4H2,1,3H3. The van der Waals surface area contributed by atoms with E-state index in [1.807, 2.05) is 44.2 Å². The molecule has 3 heteroatoms. The van der Waals surface area contributed by atoms with Crippen LogP contribution in [-0.4, -0.2) is 6.10 Å². The maximum absolute atomic E-state index is 12.4. The lowest BCUT2D eigenvalue weighted by Gasteiger charge is -2.19. The van der Waals surface area contributed by atoms with Crippen LogP contribution in [0.4, 0.5) is 0 Å². The smallest absolute Gasteiger partial charge is 0.253 e. The molecule has 82 valence electrons. The SMILES string of the molecule is C=CP(=O)(OC(C)CC)c1ccccc1. The minimum atomic E-state index is -2.86. The first-order valence-electron chi connectivity index (χ1n) is 5.09. The molecule has 0 N–H and O–H groups in total. The van der Waals surface area contributed by atoms with E-state index in [-0.39, 0.29) is 6.10 Å². The Morgan fingerprint density at radius 3 is 2.53 bits per heavy atom. The summed E-state index contributed by atoms with van der Waals surface area (Å²) in [6, 6.07) is 9.22. The van der Waals surface area contributed by atoms with Crippen LogP contribution < -0.4 is 5.30 Å². The maximum Gasteiger partial charge on any atom is 0.253 e. The zero-order valence-corrected chi connectivity index (χ0v) is 10.1. The Bertz CT molecular complexity index is 359. The Kier molecular flexibility index (Phi) is 4.31. The molecule has 0 aliphatic rings. The molecule has 0 aliphatic carbocycles. The molecule has 2 unspecified atom stereocenters. The molecule has 0 saturated heterocycles. The van der Waals surface area contributed by atoms with E-state index in [1.165, 1.54) is 5.82 Å². The molecule has 2 atom stereocenters. The Balaban J connectivity index is 2.96. The summed E-state index contributed by atoms with van der Waals surface area (Å²) in [7, 11) is -2.86. The van der Waals surface area contributed by atoms with Crippen LogP contribution in [0, 0.1) is 0 Å². The average Bonchev–Trinajstić information content (AvgIpc) is 2.30. The lowest BCUT2D eigenvalue weighted by atomic mass is 10.3. The highest BCUT2D eigenvalue weighted by Gasteiger charge is 2.23. The second-order valence-corrected chi connectivity index (χ2v) is 5.73. The van der Waals surface area contributed by atoms with E-state index in [1.54, 1.807) is 0 Å². The van der Waals surface area contributed by atoms with E-state index in [4.69, 9.17) is 4.52 Å². The normalized spacial score (nSPS) is 16.7. The van der Waals surface area contributed by atoms with Crippen LogP contribution in [0.5, 0.6) is 0 Å². The van der Waals surface area contributed by atoms with Gasteiger partial charge in [-0.05, 0) is 31.3 Å². The average molecular weight is 224 g/mol. The number of rotatable bonds is 5. The van der Waals surface area contributed by atoms with Gasteiger partial charge in [0, 0.05) is 5.30 Å². The van der Waals surface area contributed by atoms with Crippen molar-refractivity contribution in [3.05, 3.63) is 42.7 Å². The van der Waals surface area contributed by atoms with Gasteiger partial charge in [-0.2, -0.15) is 0 Å². The lowest BCUT2D eigenvalue weighted by Crippen LogP contribution is -2.11. The fraction of sp³-hybridized carbons (Fsp3) is 0.333. The van der Waals surface area contributed by atoms with Crippen LogP contribution in [0.1, 0.15) is 20.3 Å². The summed E-state index contributed by atoms with van der Waals surface area (Å²) in [6.07, 6.45) is 0.819. The van der Waals surface area contributed by atoms with Gasteiger partial charge in [0.15, 0.2) is 0 Å². The Hall–Kier alpha value is -0.850. The third-order valence-corrected chi connectivity index (χ3v) is 4.44. The van der Waals surface area contributed by atoms with Gasteiger partial charge in [-0.25, -0.2) is 0 Å². The molecule has 0 saturated carbocycles. The number of benzene rings is 1. The van der Waals surface area contributed by atoms with Gasteiger partial charge in [-0.1, -0.05) is 31.7 Å². The first-order chi connectivity index (χ1) is 7.12. The third-order valence-electron chi connectivity index (χ3n) is 2.27. The van der Waals surface area contributed by atoms with Crippen molar-refractivity contribution in [1.82, 2.24) is 0 Å². The summed E-state index contributed by atoms with van der Waals surface area (Å²) in [5.74, 6) is 1.43. The van der Waals surface area contributed by atoms with Crippen molar-refractivity contribution in [2.45, 2.75) is 26.4 Å². The molecule has 0 heterocycles. The van der Waals surface area contributed by atoms with E-state index in [9.17, 15) is 4.57 Å². The Morgan fingerprint density at radius 2 is 2.07 bits per heavy atom. The number of hydrogen-bond donors (Lipinski definition) is 0. The maximum atomic E-state index is 12.4. The largest absolute Gasteiger partial charge is 0.319 e.